The lowest BCUT2D eigenvalue weighted by molar-refractivity contribution is -0.120. The topological polar surface area (TPSA) is 46.6 Å². The first kappa shape index (κ1) is 16.2. The van der Waals surface area contributed by atoms with Crippen molar-refractivity contribution >= 4 is 33.4 Å². The van der Waals surface area contributed by atoms with Crippen molar-refractivity contribution in [2.75, 3.05) is 4.90 Å². The largest absolute Gasteiger partial charge is 0.490 e. The summed E-state index contributed by atoms with van der Waals surface area (Å²) < 4.78 is 20.5. The highest BCUT2D eigenvalue weighted by Gasteiger charge is 2.41. The van der Waals surface area contributed by atoms with Crippen molar-refractivity contribution in [3.05, 3.63) is 33.6 Å². The molecule has 0 saturated heterocycles. The first-order valence-corrected chi connectivity index (χ1v) is 8.46. The Labute approximate surface area is 142 Å². The van der Waals surface area contributed by atoms with E-state index >= 15 is 0 Å². The second-order valence-corrected chi connectivity index (χ2v) is 6.86. The van der Waals surface area contributed by atoms with E-state index in [2.05, 4.69) is 15.9 Å². The van der Waals surface area contributed by atoms with Crippen molar-refractivity contribution in [3.8, 4) is 5.75 Å². The highest BCUT2D eigenvalue weighted by molar-refractivity contribution is 9.10. The summed E-state index contributed by atoms with van der Waals surface area (Å²) >= 11 is 3.25. The SMILES string of the molecule is CC(C)Oc1cc(N2C(=O)C3=C(CCCC3)C2=O)c(F)cc1Br. The van der Waals surface area contributed by atoms with Crippen molar-refractivity contribution in [3.63, 3.8) is 0 Å². The van der Waals surface area contributed by atoms with Crippen LogP contribution in [0.2, 0.25) is 0 Å². The summed E-state index contributed by atoms with van der Waals surface area (Å²) in [5.41, 5.74) is 1.03. The summed E-state index contributed by atoms with van der Waals surface area (Å²) in [6.45, 7) is 3.70. The number of rotatable bonds is 3. The molecule has 122 valence electrons. The van der Waals surface area contributed by atoms with Crippen LogP contribution in [0.4, 0.5) is 10.1 Å². The van der Waals surface area contributed by atoms with Crippen molar-refractivity contribution in [2.45, 2.75) is 45.6 Å². The van der Waals surface area contributed by atoms with Crippen LogP contribution in [0.15, 0.2) is 27.8 Å². The molecule has 4 nitrogen and oxygen atoms in total. The summed E-state index contributed by atoms with van der Waals surface area (Å²) in [6, 6.07) is 2.64. The van der Waals surface area contributed by atoms with E-state index < -0.39 is 17.6 Å². The third-order valence-electron chi connectivity index (χ3n) is 4.00. The second kappa shape index (κ2) is 6.07. The van der Waals surface area contributed by atoms with E-state index in [0.717, 1.165) is 17.7 Å². The van der Waals surface area contributed by atoms with Crippen LogP contribution in [0.25, 0.3) is 0 Å². The van der Waals surface area contributed by atoms with Crippen LogP contribution in [0.3, 0.4) is 0 Å². The van der Waals surface area contributed by atoms with Gasteiger partial charge in [0.2, 0.25) is 0 Å². The fourth-order valence-corrected chi connectivity index (χ4v) is 3.40. The quantitative estimate of drug-likeness (QED) is 0.739. The van der Waals surface area contributed by atoms with Crippen molar-refractivity contribution in [1.82, 2.24) is 0 Å². The fraction of sp³-hybridized carbons (Fsp3) is 0.412. The van der Waals surface area contributed by atoms with Gasteiger partial charge in [-0.05, 0) is 61.5 Å². The van der Waals surface area contributed by atoms with Crippen molar-refractivity contribution in [1.29, 1.82) is 0 Å². The first-order chi connectivity index (χ1) is 10.9. The van der Waals surface area contributed by atoms with Gasteiger partial charge in [-0.3, -0.25) is 9.59 Å². The van der Waals surface area contributed by atoms with Crippen LogP contribution in [-0.4, -0.2) is 17.9 Å². The molecular formula is C17H17BrFNO3. The molecule has 3 rings (SSSR count). The summed E-state index contributed by atoms with van der Waals surface area (Å²) in [5.74, 6) is -1.03. The smallest absolute Gasteiger partial charge is 0.261 e. The van der Waals surface area contributed by atoms with Crippen LogP contribution in [0.1, 0.15) is 39.5 Å². The van der Waals surface area contributed by atoms with Gasteiger partial charge in [0.05, 0.1) is 16.3 Å². The minimum absolute atomic E-state index is 0.0479. The molecule has 0 unspecified atom stereocenters. The lowest BCUT2D eigenvalue weighted by Crippen LogP contribution is -2.32. The number of carbonyl (C=O) groups excluding carboxylic acids is 2. The number of carbonyl (C=O) groups is 2. The second-order valence-electron chi connectivity index (χ2n) is 6.01. The maximum atomic E-state index is 14.4. The van der Waals surface area contributed by atoms with Gasteiger partial charge in [-0.1, -0.05) is 0 Å². The Bertz CT molecular complexity index is 699. The van der Waals surface area contributed by atoms with Gasteiger partial charge in [0.1, 0.15) is 11.6 Å². The number of amides is 2. The van der Waals surface area contributed by atoms with Gasteiger partial charge in [0.15, 0.2) is 0 Å². The minimum atomic E-state index is -0.630. The molecule has 0 aromatic heterocycles. The van der Waals surface area contributed by atoms with Crippen LogP contribution in [0, 0.1) is 5.82 Å². The number of ether oxygens (including phenoxy) is 1. The maximum Gasteiger partial charge on any atom is 0.261 e. The van der Waals surface area contributed by atoms with Crippen molar-refractivity contribution in [2.24, 2.45) is 0 Å². The normalized spacial score (nSPS) is 18.0. The molecule has 0 radical (unpaired) electrons. The van der Waals surface area contributed by atoms with E-state index in [0.29, 0.717) is 34.2 Å². The average Bonchev–Trinajstić information content (AvgIpc) is 2.74. The molecule has 2 amide bonds. The Morgan fingerprint density at radius 3 is 2.22 bits per heavy atom. The summed E-state index contributed by atoms with van der Waals surface area (Å²) in [6.07, 6.45) is 2.83. The molecule has 0 fully saturated rings. The number of anilines is 1. The molecule has 0 saturated carbocycles. The Balaban J connectivity index is 2.02. The Morgan fingerprint density at radius 1 is 1.13 bits per heavy atom. The molecule has 2 aliphatic rings. The molecule has 23 heavy (non-hydrogen) atoms. The predicted molar refractivity (Wildman–Crippen MR) is 87.9 cm³/mol. The standard InChI is InChI=1S/C17H17BrFNO3/c1-9(2)23-15-8-14(13(19)7-12(15)18)20-16(21)10-5-3-4-6-11(10)17(20)22/h7-9H,3-6H2,1-2H3. The molecule has 1 heterocycles. The monoisotopic (exact) mass is 381 g/mol. The van der Waals surface area contributed by atoms with Gasteiger partial charge < -0.3 is 4.74 Å². The third kappa shape index (κ3) is 2.80. The van der Waals surface area contributed by atoms with Gasteiger partial charge in [0, 0.05) is 17.2 Å². The number of hydrogen-bond acceptors (Lipinski definition) is 3. The number of hydrogen-bond donors (Lipinski definition) is 0. The number of benzene rings is 1. The summed E-state index contributed by atoms with van der Waals surface area (Å²) in [4.78, 5) is 26.0. The molecule has 1 aliphatic carbocycles. The highest BCUT2D eigenvalue weighted by Crippen LogP contribution is 2.39. The Morgan fingerprint density at radius 2 is 1.70 bits per heavy atom. The van der Waals surface area contributed by atoms with Gasteiger partial charge in [-0.15, -0.1) is 0 Å². The molecule has 6 heteroatoms. The molecule has 0 atom stereocenters. The number of halogens is 2. The molecule has 1 aromatic rings. The van der Waals surface area contributed by atoms with E-state index in [1.165, 1.54) is 12.1 Å². The zero-order valence-electron chi connectivity index (χ0n) is 13.0. The van der Waals surface area contributed by atoms with Gasteiger partial charge >= 0.3 is 0 Å². The van der Waals surface area contributed by atoms with Gasteiger partial charge in [-0.25, -0.2) is 9.29 Å². The van der Waals surface area contributed by atoms with E-state index in [1.807, 2.05) is 13.8 Å². The predicted octanol–water partition coefficient (Wildman–Crippen LogP) is 4.12. The van der Waals surface area contributed by atoms with Crippen LogP contribution in [-0.2, 0) is 9.59 Å². The maximum absolute atomic E-state index is 14.4. The molecule has 1 aromatic carbocycles. The number of nitrogens with zero attached hydrogens (tertiary/aromatic N) is 1. The minimum Gasteiger partial charge on any atom is -0.490 e. The van der Waals surface area contributed by atoms with Gasteiger partial charge in [-0.2, -0.15) is 0 Å². The Kier molecular flexibility index (Phi) is 4.27. The first-order valence-electron chi connectivity index (χ1n) is 7.66. The molecule has 0 spiro atoms. The molecule has 0 N–H and O–H groups in total. The third-order valence-corrected chi connectivity index (χ3v) is 4.61. The van der Waals surface area contributed by atoms with Crippen molar-refractivity contribution < 1.29 is 18.7 Å². The fourth-order valence-electron chi connectivity index (χ4n) is 2.99. The zero-order chi connectivity index (χ0) is 16.7. The number of imide groups is 1. The van der Waals surface area contributed by atoms with Crippen LogP contribution >= 0.6 is 15.9 Å². The molecule has 1 aliphatic heterocycles. The molecule has 0 bridgehead atoms. The lowest BCUT2D eigenvalue weighted by Gasteiger charge is -2.19. The van der Waals surface area contributed by atoms with Crippen LogP contribution in [0.5, 0.6) is 5.75 Å². The van der Waals surface area contributed by atoms with E-state index in [9.17, 15) is 14.0 Å². The zero-order valence-corrected chi connectivity index (χ0v) is 14.6. The Hall–Kier alpha value is -1.69. The van der Waals surface area contributed by atoms with Gasteiger partial charge in [0.25, 0.3) is 11.8 Å². The van der Waals surface area contributed by atoms with E-state index in [4.69, 9.17) is 4.74 Å². The summed E-state index contributed by atoms with van der Waals surface area (Å²) in [7, 11) is 0. The lowest BCUT2D eigenvalue weighted by atomic mass is 9.93. The highest BCUT2D eigenvalue weighted by atomic mass is 79.9. The average molecular weight is 382 g/mol. The molecular weight excluding hydrogens is 365 g/mol. The van der Waals surface area contributed by atoms with Crippen LogP contribution < -0.4 is 9.64 Å². The van der Waals surface area contributed by atoms with E-state index in [1.54, 1.807) is 0 Å². The van der Waals surface area contributed by atoms with E-state index in [-0.39, 0.29) is 11.8 Å². The summed E-state index contributed by atoms with van der Waals surface area (Å²) in [5, 5.41) is 0.